The van der Waals surface area contributed by atoms with Gasteiger partial charge in [-0.2, -0.15) is 8.61 Å². The van der Waals surface area contributed by atoms with Crippen LogP contribution in [-0.4, -0.2) is 51.6 Å². The third-order valence-corrected chi connectivity index (χ3v) is 9.65. The third kappa shape index (κ3) is 4.57. The minimum atomic E-state index is -3.64. The van der Waals surface area contributed by atoms with Crippen molar-refractivity contribution in [3.8, 4) is 11.1 Å². The molecule has 2 aromatic rings. The molecule has 6 nitrogen and oxygen atoms in total. The predicted octanol–water partition coefficient (Wildman–Crippen LogP) is 4.21. The summed E-state index contributed by atoms with van der Waals surface area (Å²) in [5.74, 6) is 0. The molecule has 0 amide bonds. The average Bonchev–Trinajstić information content (AvgIpc) is 2.75. The van der Waals surface area contributed by atoms with Crippen LogP contribution in [0.3, 0.4) is 0 Å². The molecule has 0 aromatic heterocycles. The van der Waals surface area contributed by atoms with Crippen LogP contribution in [0.4, 0.5) is 0 Å². The van der Waals surface area contributed by atoms with Gasteiger partial charge in [0.15, 0.2) is 0 Å². The molecule has 1 fully saturated rings. The van der Waals surface area contributed by atoms with Crippen molar-refractivity contribution in [1.29, 1.82) is 0 Å². The summed E-state index contributed by atoms with van der Waals surface area (Å²) in [5, 5.41) is 0.366. The van der Waals surface area contributed by atoms with Crippen molar-refractivity contribution in [3.63, 3.8) is 0 Å². The molecular formula is C21H27ClN2O4S2. The molecule has 0 saturated carbocycles. The van der Waals surface area contributed by atoms with Gasteiger partial charge >= 0.3 is 0 Å². The highest BCUT2D eigenvalue weighted by Gasteiger charge is 2.27. The molecular weight excluding hydrogens is 444 g/mol. The monoisotopic (exact) mass is 470 g/mol. The molecule has 0 spiro atoms. The molecule has 2 aromatic carbocycles. The first-order valence-electron chi connectivity index (χ1n) is 10.1. The maximum atomic E-state index is 13.1. The van der Waals surface area contributed by atoms with Crippen molar-refractivity contribution in [2.45, 2.75) is 42.9 Å². The van der Waals surface area contributed by atoms with E-state index in [1.165, 1.54) is 20.7 Å². The first-order valence-corrected chi connectivity index (χ1v) is 13.4. The first kappa shape index (κ1) is 23.2. The van der Waals surface area contributed by atoms with Gasteiger partial charge in [0, 0.05) is 36.8 Å². The molecule has 0 radical (unpaired) electrons. The molecule has 164 valence electrons. The number of piperidine rings is 1. The fourth-order valence-corrected chi connectivity index (χ4v) is 6.95. The van der Waals surface area contributed by atoms with Crippen LogP contribution in [0.1, 0.15) is 33.1 Å². The van der Waals surface area contributed by atoms with Crippen LogP contribution in [-0.2, 0) is 20.0 Å². The van der Waals surface area contributed by atoms with Crippen LogP contribution < -0.4 is 0 Å². The van der Waals surface area contributed by atoms with Crippen LogP contribution in [0.2, 0.25) is 5.02 Å². The quantitative estimate of drug-likeness (QED) is 0.607. The Balaban J connectivity index is 2.04. The normalized spacial score (nSPS) is 16.1. The standard InChI is InChI=1S/C21H27ClN2O4S2/c1-3-23(4-2)29(25,26)18-10-8-9-17(15-18)20-16-19(11-12-21(20)22)30(27,28)24-13-6-5-7-14-24/h8-12,15-16H,3-7,13-14H2,1-2H3. The second-order valence-corrected chi connectivity index (χ2v) is 11.5. The molecule has 0 aliphatic carbocycles. The number of benzene rings is 2. The van der Waals surface area contributed by atoms with Crippen molar-refractivity contribution in [3.05, 3.63) is 47.5 Å². The van der Waals surface area contributed by atoms with E-state index in [2.05, 4.69) is 0 Å². The summed E-state index contributed by atoms with van der Waals surface area (Å²) in [6.45, 7) is 5.34. The van der Waals surface area contributed by atoms with Gasteiger partial charge in [-0.1, -0.05) is 44.0 Å². The Hall–Kier alpha value is -1.45. The Bertz CT molecular complexity index is 1110. The smallest absolute Gasteiger partial charge is 0.207 e. The number of sulfonamides is 2. The average molecular weight is 471 g/mol. The summed E-state index contributed by atoms with van der Waals surface area (Å²) >= 11 is 6.38. The van der Waals surface area contributed by atoms with Crippen LogP contribution in [0.5, 0.6) is 0 Å². The Morgan fingerprint density at radius 3 is 2.20 bits per heavy atom. The Morgan fingerprint density at radius 1 is 0.900 bits per heavy atom. The third-order valence-electron chi connectivity index (χ3n) is 5.38. The van der Waals surface area contributed by atoms with E-state index >= 15 is 0 Å². The maximum Gasteiger partial charge on any atom is 0.243 e. The molecule has 9 heteroatoms. The van der Waals surface area contributed by atoms with E-state index < -0.39 is 20.0 Å². The summed E-state index contributed by atoms with van der Waals surface area (Å²) in [4.78, 5) is 0.324. The van der Waals surface area contributed by atoms with E-state index in [9.17, 15) is 16.8 Å². The van der Waals surface area contributed by atoms with Crippen molar-refractivity contribution in [1.82, 2.24) is 8.61 Å². The van der Waals surface area contributed by atoms with Gasteiger partial charge in [-0.25, -0.2) is 16.8 Å². The largest absolute Gasteiger partial charge is 0.243 e. The topological polar surface area (TPSA) is 74.8 Å². The molecule has 1 saturated heterocycles. The minimum absolute atomic E-state index is 0.157. The number of rotatable bonds is 7. The second kappa shape index (κ2) is 9.36. The van der Waals surface area contributed by atoms with E-state index in [0.29, 0.717) is 42.3 Å². The SMILES string of the molecule is CCN(CC)S(=O)(=O)c1cccc(-c2cc(S(=O)(=O)N3CCCCC3)ccc2Cl)c1. The van der Waals surface area contributed by atoms with E-state index in [4.69, 9.17) is 11.6 Å². The number of hydrogen-bond acceptors (Lipinski definition) is 4. The lowest BCUT2D eigenvalue weighted by molar-refractivity contribution is 0.346. The van der Waals surface area contributed by atoms with Gasteiger partial charge in [0.05, 0.1) is 9.79 Å². The van der Waals surface area contributed by atoms with E-state index in [1.54, 1.807) is 44.2 Å². The molecule has 0 N–H and O–H groups in total. The van der Waals surface area contributed by atoms with E-state index in [0.717, 1.165) is 19.3 Å². The Kier molecular flexibility index (Phi) is 7.24. The molecule has 3 rings (SSSR count). The van der Waals surface area contributed by atoms with Crippen LogP contribution in [0, 0.1) is 0 Å². The molecule has 0 bridgehead atoms. The predicted molar refractivity (Wildman–Crippen MR) is 120 cm³/mol. The maximum absolute atomic E-state index is 13.1. The summed E-state index contributed by atoms with van der Waals surface area (Å²) in [5.41, 5.74) is 1.05. The first-order chi connectivity index (χ1) is 14.2. The van der Waals surface area contributed by atoms with Crippen molar-refractivity contribution in [2.75, 3.05) is 26.2 Å². The van der Waals surface area contributed by atoms with Crippen molar-refractivity contribution >= 4 is 31.6 Å². The van der Waals surface area contributed by atoms with E-state index in [1.807, 2.05) is 0 Å². The molecule has 1 aliphatic heterocycles. The molecule has 30 heavy (non-hydrogen) atoms. The fraction of sp³-hybridized carbons (Fsp3) is 0.429. The van der Waals surface area contributed by atoms with E-state index in [-0.39, 0.29) is 9.79 Å². The molecule has 0 atom stereocenters. The molecule has 1 heterocycles. The van der Waals surface area contributed by atoms with Gasteiger partial charge in [-0.3, -0.25) is 0 Å². The van der Waals surface area contributed by atoms with Gasteiger partial charge < -0.3 is 0 Å². The molecule has 0 unspecified atom stereocenters. The van der Waals surface area contributed by atoms with Gasteiger partial charge in [0.25, 0.3) is 0 Å². The molecule has 1 aliphatic rings. The van der Waals surface area contributed by atoms with Crippen LogP contribution in [0.25, 0.3) is 11.1 Å². The lowest BCUT2D eigenvalue weighted by Crippen LogP contribution is -2.35. The van der Waals surface area contributed by atoms with Gasteiger partial charge in [-0.15, -0.1) is 0 Å². The van der Waals surface area contributed by atoms with Gasteiger partial charge in [-0.05, 0) is 48.7 Å². The van der Waals surface area contributed by atoms with Crippen molar-refractivity contribution < 1.29 is 16.8 Å². The number of hydrogen-bond donors (Lipinski definition) is 0. The summed E-state index contributed by atoms with van der Waals surface area (Å²) in [6, 6.07) is 11.1. The highest BCUT2D eigenvalue weighted by molar-refractivity contribution is 7.89. The zero-order valence-corrected chi connectivity index (χ0v) is 19.6. The summed E-state index contributed by atoms with van der Waals surface area (Å²) in [7, 11) is -7.26. The lowest BCUT2D eigenvalue weighted by Gasteiger charge is -2.26. The zero-order valence-electron chi connectivity index (χ0n) is 17.2. The summed E-state index contributed by atoms with van der Waals surface area (Å²) in [6.07, 6.45) is 2.74. The number of halogens is 1. The zero-order chi connectivity index (χ0) is 21.9. The number of nitrogens with zero attached hydrogens (tertiary/aromatic N) is 2. The fourth-order valence-electron chi connectivity index (χ4n) is 3.68. The van der Waals surface area contributed by atoms with Gasteiger partial charge in [0.1, 0.15) is 0 Å². The highest BCUT2D eigenvalue weighted by atomic mass is 35.5. The lowest BCUT2D eigenvalue weighted by atomic mass is 10.1. The van der Waals surface area contributed by atoms with Crippen LogP contribution >= 0.6 is 11.6 Å². The van der Waals surface area contributed by atoms with Crippen molar-refractivity contribution in [2.24, 2.45) is 0 Å². The highest BCUT2D eigenvalue weighted by Crippen LogP contribution is 2.33. The Labute approximate surface area is 184 Å². The Morgan fingerprint density at radius 2 is 1.57 bits per heavy atom. The van der Waals surface area contributed by atoms with Crippen LogP contribution in [0.15, 0.2) is 52.3 Å². The second-order valence-electron chi connectivity index (χ2n) is 7.22. The van der Waals surface area contributed by atoms with Gasteiger partial charge in [0.2, 0.25) is 20.0 Å². The minimum Gasteiger partial charge on any atom is -0.207 e. The summed E-state index contributed by atoms with van der Waals surface area (Å²) < 4.78 is 54.8.